The third-order valence-corrected chi connectivity index (χ3v) is 16.8. The van der Waals surface area contributed by atoms with Crippen LogP contribution in [0.2, 0.25) is 36.3 Å². The summed E-state index contributed by atoms with van der Waals surface area (Å²) < 4.78 is 61.1. The predicted octanol–water partition coefficient (Wildman–Crippen LogP) is 4.71. The molecule has 0 rings (SSSR count). The van der Waals surface area contributed by atoms with Gasteiger partial charge in [-0.2, -0.15) is 0 Å². The molecule has 46 heavy (non-hydrogen) atoms. The van der Waals surface area contributed by atoms with Gasteiger partial charge in [-0.25, -0.2) is 0 Å². The molecule has 0 unspecified atom stereocenters. The van der Waals surface area contributed by atoms with Crippen LogP contribution in [0.25, 0.3) is 0 Å². The Hall–Kier alpha value is -0.496. The third-order valence-electron chi connectivity index (χ3n) is 7.87. The predicted molar refractivity (Wildman–Crippen MR) is 184 cm³/mol. The zero-order chi connectivity index (χ0) is 34.8. The van der Waals surface area contributed by atoms with Crippen LogP contribution >= 0.6 is 0 Å². The normalized spacial score (nSPS) is 13.0. The quantitative estimate of drug-likeness (QED) is 0.0737. The molecule has 0 bridgehead atoms. The first kappa shape index (κ1) is 45.5. The van der Waals surface area contributed by atoms with Gasteiger partial charge in [0.1, 0.15) is 6.61 Å². The van der Waals surface area contributed by atoms with Crippen molar-refractivity contribution in [3.05, 3.63) is 0 Å². The topological polar surface area (TPSA) is 119 Å². The summed E-state index contributed by atoms with van der Waals surface area (Å²) in [6, 6.07) is 0. The molecule has 14 heteroatoms. The fraction of sp³-hybridized carbons (Fsp3) is 0.969. The van der Waals surface area contributed by atoms with Crippen molar-refractivity contribution < 1.29 is 56.3 Å². The van der Waals surface area contributed by atoms with E-state index in [1.807, 2.05) is 13.1 Å². The molecule has 0 saturated carbocycles. The molecule has 0 aliphatic carbocycles. The Morgan fingerprint density at radius 1 is 0.391 bits per heavy atom. The molecule has 0 amide bonds. The van der Waals surface area contributed by atoms with Crippen LogP contribution in [0.4, 0.5) is 0 Å². The zero-order valence-electron chi connectivity index (χ0n) is 30.8. The van der Waals surface area contributed by atoms with Gasteiger partial charge in [0.25, 0.3) is 8.32 Å². The fourth-order valence-corrected chi connectivity index (χ4v) is 4.92. The summed E-state index contributed by atoms with van der Waals surface area (Å²) in [5.74, 6) is -0.315. The lowest BCUT2D eigenvalue weighted by Crippen LogP contribution is -2.43. The molecule has 0 fully saturated rings. The maximum Gasteiger partial charge on any atom is 0.318 e. The highest BCUT2D eigenvalue weighted by Gasteiger charge is 2.40. The largest absolute Gasteiger partial charge is 0.517 e. The van der Waals surface area contributed by atoms with Crippen molar-refractivity contribution in [2.75, 3.05) is 126 Å². The minimum absolute atomic E-state index is 0.0207. The van der Waals surface area contributed by atoms with Crippen LogP contribution < -0.4 is 0 Å². The second-order valence-corrected chi connectivity index (χ2v) is 23.3. The van der Waals surface area contributed by atoms with E-state index in [2.05, 4.69) is 54.6 Å². The number of rotatable bonds is 31. The van der Waals surface area contributed by atoms with Gasteiger partial charge in [0.2, 0.25) is 0 Å². The van der Waals surface area contributed by atoms with Crippen molar-refractivity contribution in [2.45, 2.75) is 77.8 Å². The lowest BCUT2D eigenvalue weighted by atomic mass is 10.2. The molecule has 276 valence electrons. The number of carbonyl (C=O) groups excluding carboxylic acids is 1. The highest BCUT2D eigenvalue weighted by atomic mass is 28.4. The minimum Gasteiger partial charge on any atom is -0.517 e. The van der Waals surface area contributed by atoms with Gasteiger partial charge in [0, 0.05) is 0 Å². The number of ether oxygens (including phenoxy) is 9. The van der Waals surface area contributed by atoms with Crippen LogP contribution in [0, 0.1) is 0 Å². The number of carbonyl (C=O) groups is 1. The molecule has 12 nitrogen and oxygen atoms in total. The first-order chi connectivity index (χ1) is 21.6. The van der Waals surface area contributed by atoms with Crippen molar-refractivity contribution >= 4 is 22.6 Å². The van der Waals surface area contributed by atoms with Crippen molar-refractivity contribution in [1.82, 2.24) is 0 Å². The van der Waals surface area contributed by atoms with Crippen LogP contribution in [0.15, 0.2) is 0 Å². The van der Waals surface area contributed by atoms with E-state index < -0.39 is 16.6 Å². The summed E-state index contributed by atoms with van der Waals surface area (Å²) in [4.78, 5) is 12.0. The molecule has 0 radical (unpaired) electrons. The zero-order valence-corrected chi connectivity index (χ0v) is 32.8. The summed E-state index contributed by atoms with van der Waals surface area (Å²) in [6.07, 6.45) is 0. The molecule has 0 aromatic heterocycles. The van der Waals surface area contributed by atoms with Crippen molar-refractivity contribution in [3.8, 4) is 0 Å². The smallest absolute Gasteiger partial charge is 0.318 e. The third kappa shape index (κ3) is 25.5. The average molecular weight is 701 g/mol. The highest BCUT2D eigenvalue weighted by molar-refractivity contribution is 6.75. The Labute approximate surface area is 281 Å². The maximum absolute atomic E-state index is 12.0. The SMILES string of the molecule is CC(C)(C)[Si](C)(C)OCCOCCOCCOCCOCCOCCOCCOCCOCCOCC(=O)O[Si](C)(C)C(C)(C)C. The van der Waals surface area contributed by atoms with E-state index in [4.69, 9.17) is 51.5 Å². The Kier molecular flexibility index (Phi) is 26.1. The molecule has 0 saturated heterocycles. The van der Waals surface area contributed by atoms with Gasteiger partial charge in [-0.15, -0.1) is 0 Å². The molecule has 0 spiro atoms. The molecular formula is C32H68O12Si2. The van der Waals surface area contributed by atoms with E-state index in [-0.39, 0.29) is 22.7 Å². The van der Waals surface area contributed by atoms with E-state index in [1.54, 1.807) is 0 Å². The molecule has 0 aromatic rings. The van der Waals surface area contributed by atoms with Crippen LogP contribution in [0.5, 0.6) is 0 Å². The first-order valence-corrected chi connectivity index (χ1v) is 22.5. The Balaban J connectivity index is 3.26. The van der Waals surface area contributed by atoms with Gasteiger partial charge >= 0.3 is 5.97 Å². The molecule has 0 aromatic carbocycles. The minimum atomic E-state index is -2.11. The first-order valence-electron chi connectivity index (χ1n) is 16.7. The number of hydrogen-bond acceptors (Lipinski definition) is 12. The standard InChI is InChI=1S/C32H68O12Si2/c1-31(2,3)45(7,8)43-28-27-41-24-23-39-20-19-37-16-15-35-12-11-34-13-14-36-17-18-38-21-22-40-25-26-42-29-30(33)44-46(9,10)32(4,5)6/h11-29H2,1-10H3. The lowest BCUT2D eigenvalue weighted by molar-refractivity contribution is -0.141. The molecule has 0 N–H and O–H groups in total. The van der Waals surface area contributed by atoms with E-state index in [1.165, 1.54) is 0 Å². The maximum atomic E-state index is 12.0. The van der Waals surface area contributed by atoms with Crippen LogP contribution in [0.3, 0.4) is 0 Å². The van der Waals surface area contributed by atoms with E-state index in [0.29, 0.717) is 119 Å². The second-order valence-electron chi connectivity index (χ2n) is 13.8. The fourth-order valence-electron chi connectivity index (χ4n) is 2.95. The summed E-state index contributed by atoms with van der Waals surface area (Å²) in [5.41, 5.74) is 0. The van der Waals surface area contributed by atoms with E-state index >= 15 is 0 Å². The van der Waals surface area contributed by atoms with Gasteiger partial charge < -0.3 is 51.5 Å². The van der Waals surface area contributed by atoms with Crippen molar-refractivity contribution in [1.29, 1.82) is 0 Å². The summed E-state index contributed by atoms with van der Waals surface area (Å²) in [6.45, 7) is 30.5. The van der Waals surface area contributed by atoms with E-state index in [9.17, 15) is 4.79 Å². The van der Waals surface area contributed by atoms with Gasteiger partial charge in [-0.05, 0) is 36.3 Å². The van der Waals surface area contributed by atoms with Gasteiger partial charge in [0.05, 0.1) is 119 Å². The van der Waals surface area contributed by atoms with Crippen molar-refractivity contribution in [3.63, 3.8) is 0 Å². The molecule has 0 aliphatic heterocycles. The van der Waals surface area contributed by atoms with Crippen LogP contribution in [-0.4, -0.2) is 148 Å². The van der Waals surface area contributed by atoms with Crippen LogP contribution in [-0.2, 0) is 56.3 Å². The van der Waals surface area contributed by atoms with Gasteiger partial charge in [-0.3, -0.25) is 4.79 Å². The average Bonchev–Trinajstić information content (AvgIpc) is 2.94. The van der Waals surface area contributed by atoms with Gasteiger partial charge in [-0.1, -0.05) is 41.5 Å². The highest BCUT2D eigenvalue weighted by Crippen LogP contribution is 2.37. The van der Waals surface area contributed by atoms with Gasteiger partial charge in [0.15, 0.2) is 8.32 Å². The summed E-state index contributed by atoms with van der Waals surface area (Å²) in [7, 11) is -3.81. The molecule has 0 aliphatic rings. The molecular weight excluding hydrogens is 633 g/mol. The Bertz CT molecular complexity index is 727. The van der Waals surface area contributed by atoms with Crippen LogP contribution in [0.1, 0.15) is 41.5 Å². The number of hydrogen-bond donors (Lipinski definition) is 0. The lowest BCUT2D eigenvalue weighted by Gasteiger charge is -2.36. The summed E-state index contributed by atoms with van der Waals surface area (Å²) in [5, 5.41) is 0.194. The molecule has 0 atom stereocenters. The molecule has 0 heterocycles. The monoisotopic (exact) mass is 700 g/mol. The second kappa shape index (κ2) is 26.4. The van der Waals surface area contributed by atoms with Crippen molar-refractivity contribution in [2.24, 2.45) is 0 Å². The van der Waals surface area contributed by atoms with E-state index in [0.717, 1.165) is 0 Å². The summed E-state index contributed by atoms with van der Waals surface area (Å²) >= 11 is 0. The Morgan fingerprint density at radius 3 is 0.891 bits per heavy atom. The Morgan fingerprint density at radius 2 is 0.630 bits per heavy atom.